The molecule has 0 spiro atoms. The zero-order chi connectivity index (χ0) is 13.5. The van der Waals surface area contributed by atoms with Crippen LogP contribution in [0.4, 0.5) is 0 Å². The van der Waals surface area contributed by atoms with E-state index in [1.54, 1.807) is 0 Å². The van der Waals surface area contributed by atoms with E-state index < -0.39 is 0 Å². The molecule has 0 aliphatic carbocycles. The number of hydrogen-bond donors (Lipinski definition) is 1. The van der Waals surface area contributed by atoms with Crippen LogP contribution < -0.4 is 5.32 Å². The molecule has 0 aliphatic rings. The molecule has 0 heterocycles. The molecular formula is C14H28N2O2. The van der Waals surface area contributed by atoms with Gasteiger partial charge >= 0.3 is 0 Å². The zero-order valence-electron chi connectivity index (χ0n) is 11.7. The van der Waals surface area contributed by atoms with Gasteiger partial charge in [-0.3, -0.25) is 4.79 Å². The molecule has 0 bridgehead atoms. The van der Waals surface area contributed by atoms with Crippen LogP contribution in [0.3, 0.4) is 0 Å². The number of nitrogens with zero attached hydrogens (tertiary/aromatic N) is 1. The average Bonchev–Trinajstić information content (AvgIpc) is 2.36. The summed E-state index contributed by atoms with van der Waals surface area (Å²) in [5, 5.41) is 5.22. The minimum atomic E-state index is -0.263. The summed E-state index contributed by atoms with van der Waals surface area (Å²) in [5.74, 6) is -0.263. The average molecular weight is 256 g/mol. The van der Waals surface area contributed by atoms with Gasteiger partial charge in [-0.15, -0.1) is 0 Å². The van der Waals surface area contributed by atoms with E-state index in [0.29, 0.717) is 6.54 Å². The Bertz CT molecular complexity index is 208. The molecule has 0 rings (SSSR count). The number of carbonyl (C=O) groups excluding carboxylic acids is 1. The molecule has 18 heavy (non-hydrogen) atoms. The standard InChI is InChI=1S/C14H28N2O2/c1-2-3-4-5-6-7-8-9-10-11-12-15-14(17)13-16-18/h2-13H2,1H3,(H,15,17). The van der Waals surface area contributed by atoms with Crippen LogP contribution in [0, 0.1) is 4.91 Å². The quantitative estimate of drug-likeness (QED) is 0.402. The Hall–Kier alpha value is -0.930. The molecule has 0 radical (unpaired) electrons. The monoisotopic (exact) mass is 256 g/mol. The van der Waals surface area contributed by atoms with E-state index in [4.69, 9.17) is 0 Å². The van der Waals surface area contributed by atoms with Crippen molar-refractivity contribution in [2.75, 3.05) is 13.1 Å². The second kappa shape index (κ2) is 14.1. The van der Waals surface area contributed by atoms with Crippen LogP contribution in [-0.2, 0) is 4.79 Å². The first-order valence-corrected chi connectivity index (χ1v) is 7.37. The number of carbonyl (C=O) groups is 1. The second-order valence-corrected chi connectivity index (χ2v) is 4.82. The second-order valence-electron chi connectivity index (χ2n) is 4.82. The molecule has 0 atom stereocenters. The van der Waals surface area contributed by atoms with Crippen LogP contribution >= 0.6 is 0 Å². The van der Waals surface area contributed by atoms with Crippen molar-refractivity contribution >= 4 is 5.91 Å². The number of nitrogens with one attached hydrogen (secondary N) is 1. The lowest BCUT2D eigenvalue weighted by atomic mass is 10.1. The Kier molecular flexibility index (Phi) is 13.4. The van der Waals surface area contributed by atoms with Gasteiger partial charge in [0.15, 0.2) is 6.54 Å². The van der Waals surface area contributed by atoms with Crippen molar-refractivity contribution in [1.29, 1.82) is 0 Å². The van der Waals surface area contributed by atoms with E-state index in [9.17, 15) is 9.70 Å². The van der Waals surface area contributed by atoms with Crippen molar-refractivity contribution in [2.24, 2.45) is 5.18 Å². The number of unbranched alkanes of at least 4 members (excludes halogenated alkanes) is 9. The molecule has 0 unspecified atom stereocenters. The highest BCUT2D eigenvalue weighted by Crippen LogP contribution is 2.10. The van der Waals surface area contributed by atoms with E-state index in [0.717, 1.165) is 12.8 Å². The van der Waals surface area contributed by atoms with Gasteiger partial charge in [0, 0.05) is 6.54 Å². The highest BCUT2D eigenvalue weighted by Gasteiger charge is 1.98. The van der Waals surface area contributed by atoms with Gasteiger partial charge in [0.05, 0.1) is 0 Å². The maximum Gasteiger partial charge on any atom is 0.245 e. The predicted molar refractivity (Wildman–Crippen MR) is 75.5 cm³/mol. The molecule has 0 aliphatic heterocycles. The van der Waals surface area contributed by atoms with Crippen LogP contribution in [0.15, 0.2) is 5.18 Å². The van der Waals surface area contributed by atoms with Crippen molar-refractivity contribution in [3.05, 3.63) is 4.91 Å². The van der Waals surface area contributed by atoms with Gasteiger partial charge in [-0.1, -0.05) is 69.9 Å². The molecule has 0 aromatic heterocycles. The molecule has 4 heteroatoms. The number of rotatable bonds is 13. The summed E-state index contributed by atoms with van der Waals surface area (Å²) in [4.78, 5) is 20.7. The van der Waals surface area contributed by atoms with Crippen molar-refractivity contribution in [1.82, 2.24) is 5.32 Å². The Morgan fingerprint density at radius 1 is 0.889 bits per heavy atom. The predicted octanol–water partition coefficient (Wildman–Crippen LogP) is 3.79. The summed E-state index contributed by atoms with van der Waals surface area (Å²) >= 11 is 0. The molecule has 0 fully saturated rings. The summed E-state index contributed by atoms with van der Waals surface area (Å²) in [6, 6.07) is 0. The number of amides is 1. The SMILES string of the molecule is CCCCCCCCCCCCNC(=O)CN=O. The topological polar surface area (TPSA) is 58.5 Å². The molecule has 0 saturated carbocycles. The van der Waals surface area contributed by atoms with Gasteiger partial charge in [0.25, 0.3) is 0 Å². The summed E-state index contributed by atoms with van der Waals surface area (Å²) in [7, 11) is 0. The largest absolute Gasteiger partial charge is 0.354 e. The van der Waals surface area contributed by atoms with Gasteiger partial charge in [0.2, 0.25) is 5.91 Å². The maximum atomic E-state index is 10.9. The highest BCUT2D eigenvalue weighted by molar-refractivity contribution is 5.77. The minimum Gasteiger partial charge on any atom is -0.354 e. The summed E-state index contributed by atoms with van der Waals surface area (Å²) in [5.41, 5.74) is 0. The smallest absolute Gasteiger partial charge is 0.245 e. The fourth-order valence-electron chi connectivity index (χ4n) is 1.95. The highest BCUT2D eigenvalue weighted by atomic mass is 16.3. The van der Waals surface area contributed by atoms with Crippen molar-refractivity contribution < 1.29 is 4.79 Å². The third-order valence-electron chi connectivity index (χ3n) is 3.06. The van der Waals surface area contributed by atoms with Gasteiger partial charge in [-0.25, -0.2) is 0 Å². The minimum absolute atomic E-state index is 0.252. The first kappa shape index (κ1) is 17.1. The number of nitroso groups, excluding NO2 is 1. The van der Waals surface area contributed by atoms with Gasteiger partial charge in [-0.2, -0.15) is 4.91 Å². The van der Waals surface area contributed by atoms with Crippen LogP contribution in [0.2, 0.25) is 0 Å². The Morgan fingerprint density at radius 3 is 1.89 bits per heavy atom. The third-order valence-corrected chi connectivity index (χ3v) is 3.06. The zero-order valence-corrected chi connectivity index (χ0v) is 11.7. The lowest BCUT2D eigenvalue weighted by molar-refractivity contribution is -0.119. The lowest BCUT2D eigenvalue weighted by Gasteiger charge is -2.03. The molecule has 1 N–H and O–H groups in total. The molecule has 0 aromatic rings. The molecule has 4 nitrogen and oxygen atoms in total. The maximum absolute atomic E-state index is 10.9. The normalized spacial score (nSPS) is 10.3. The first-order chi connectivity index (χ1) is 8.81. The van der Waals surface area contributed by atoms with Crippen molar-refractivity contribution in [3.63, 3.8) is 0 Å². The number of hydrogen-bond acceptors (Lipinski definition) is 3. The van der Waals surface area contributed by atoms with Crippen molar-refractivity contribution in [3.8, 4) is 0 Å². The van der Waals surface area contributed by atoms with Gasteiger partial charge < -0.3 is 5.32 Å². The van der Waals surface area contributed by atoms with Gasteiger partial charge in [0.1, 0.15) is 0 Å². The third kappa shape index (κ3) is 13.1. The van der Waals surface area contributed by atoms with E-state index in [-0.39, 0.29) is 12.5 Å². The summed E-state index contributed by atoms with van der Waals surface area (Å²) < 4.78 is 0. The fraction of sp³-hybridized carbons (Fsp3) is 0.929. The fourth-order valence-corrected chi connectivity index (χ4v) is 1.95. The lowest BCUT2D eigenvalue weighted by Crippen LogP contribution is -2.26. The van der Waals surface area contributed by atoms with E-state index >= 15 is 0 Å². The van der Waals surface area contributed by atoms with Crippen molar-refractivity contribution in [2.45, 2.75) is 71.1 Å². The van der Waals surface area contributed by atoms with E-state index in [2.05, 4.69) is 17.4 Å². The molecule has 0 aromatic carbocycles. The van der Waals surface area contributed by atoms with Gasteiger partial charge in [-0.05, 0) is 6.42 Å². The molecular weight excluding hydrogens is 228 g/mol. The van der Waals surface area contributed by atoms with E-state index in [1.807, 2.05) is 0 Å². The Balaban J connectivity index is 3.03. The molecule has 106 valence electrons. The molecule has 1 amide bonds. The Morgan fingerprint density at radius 2 is 1.39 bits per heavy atom. The summed E-state index contributed by atoms with van der Waals surface area (Å²) in [6.07, 6.45) is 12.8. The van der Waals surface area contributed by atoms with Crippen LogP contribution in [0.5, 0.6) is 0 Å². The van der Waals surface area contributed by atoms with Crippen LogP contribution in [0.25, 0.3) is 0 Å². The van der Waals surface area contributed by atoms with Crippen LogP contribution in [0.1, 0.15) is 71.1 Å². The summed E-state index contributed by atoms with van der Waals surface area (Å²) in [6.45, 7) is 2.66. The molecule has 0 saturated heterocycles. The Labute approximate surface area is 111 Å². The van der Waals surface area contributed by atoms with E-state index in [1.165, 1.54) is 51.4 Å². The first-order valence-electron chi connectivity index (χ1n) is 7.37. The van der Waals surface area contributed by atoms with Crippen LogP contribution in [-0.4, -0.2) is 19.0 Å².